The highest BCUT2D eigenvalue weighted by atomic mass is 35.5. The Bertz CT molecular complexity index is 777. The Balaban J connectivity index is 2.30. The molecule has 6 nitrogen and oxygen atoms in total. The lowest BCUT2D eigenvalue weighted by molar-refractivity contribution is -0.114. The number of carbonyl (C=O) groups is 2. The summed E-state index contributed by atoms with van der Waals surface area (Å²) in [6.07, 6.45) is 0. The lowest BCUT2D eigenvalue weighted by Gasteiger charge is -2.13. The summed E-state index contributed by atoms with van der Waals surface area (Å²) in [5, 5.41) is 5.83. The zero-order valence-electron chi connectivity index (χ0n) is 13.5. The largest absolute Gasteiger partial charge is 0.495 e. The average Bonchev–Trinajstić information content (AvgIpc) is 2.54. The van der Waals surface area contributed by atoms with Crippen molar-refractivity contribution < 1.29 is 19.1 Å². The van der Waals surface area contributed by atoms with Gasteiger partial charge in [-0.05, 0) is 36.4 Å². The third kappa shape index (κ3) is 4.17. The number of amides is 2. The molecular formula is C17H17ClN2O4. The zero-order valence-corrected chi connectivity index (χ0v) is 14.2. The molecule has 0 aliphatic heterocycles. The standard InChI is InChI=1S/C17H17ClN2O4/c1-10(21)19-13-8-11(4-6-15(13)23-2)17(22)20-14-9-12(18)5-7-16(14)24-3/h4-9H,1-3H3,(H,19,21)(H,20,22). The van der Waals surface area contributed by atoms with E-state index in [9.17, 15) is 9.59 Å². The van der Waals surface area contributed by atoms with Crippen molar-refractivity contribution in [2.24, 2.45) is 0 Å². The number of hydrogen-bond donors (Lipinski definition) is 2. The number of nitrogens with one attached hydrogen (secondary N) is 2. The van der Waals surface area contributed by atoms with Crippen molar-refractivity contribution in [3.63, 3.8) is 0 Å². The molecule has 7 heteroatoms. The van der Waals surface area contributed by atoms with Crippen LogP contribution in [0, 0.1) is 0 Å². The Morgan fingerprint density at radius 2 is 1.50 bits per heavy atom. The number of hydrogen-bond acceptors (Lipinski definition) is 4. The summed E-state index contributed by atoms with van der Waals surface area (Å²) in [6, 6.07) is 9.65. The third-order valence-electron chi connectivity index (χ3n) is 3.18. The first-order chi connectivity index (χ1) is 11.4. The molecule has 2 N–H and O–H groups in total. The van der Waals surface area contributed by atoms with Crippen LogP contribution in [0.3, 0.4) is 0 Å². The van der Waals surface area contributed by atoms with Crippen LogP contribution < -0.4 is 20.1 Å². The van der Waals surface area contributed by atoms with E-state index in [2.05, 4.69) is 10.6 Å². The minimum atomic E-state index is -0.371. The van der Waals surface area contributed by atoms with Crippen LogP contribution in [0.25, 0.3) is 0 Å². The van der Waals surface area contributed by atoms with Gasteiger partial charge < -0.3 is 20.1 Å². The maximum Gasteiger partial charge on any atom is 0.255 e. The first-order valence-electron chi connectivity index (χ1n) is 7.05. The fraction of sp³-hybridized carbons (Fsp3) is 0.176. The fourth-order valence-corrected chi connectivity index (χ4v) is 2.28. The number of anilines is 2. The molecule has 2 rings (SSSR count). The summed E-state index contributed by atoms with van der Waals surface area (Å²) >= 11 is 5.95. The number of halogens is 1. The van der Waals surface area contributed by atoms with Crippen molar-refractivity contribution in [2.45, 2.75) is 6.92 Å². The lowest BCUT2D eigenvalue weighted by atomic mass is 10.1. The van der Waals surface area contributed by atoms with E-state index in [1.807, 2.05) is 0 Å². The van der Waals surface area contributed by atoms with Crippen molar-refractivity contribution in [2.75, 3.05) is 24.9 Å². The van der Waals surface area contributed by atoms with E-state index in [1.165, 1.54) is 27.2 Å². The Morgan fingerprint density at radius 1 is 0.917 bits per heavy atom. The summed E-state index contributed by atoms with van der Waals surface area (Å²) < 4.78 is 10.4. The predicted molar refractivity (Wildman–Crippen MR) is 93.3 cm³/mol. The molecule has 0 saturated carbocycles. The van der Waals surface area contributed by atoms with Crippen LogP contribution in [-0.2, 0) is 4.79 Å². The topological polar surface area (TPSA) is 76.7 Å². The summed E-state index contributed by atoms with van der Waals surface area (Å²) in [5.41, 5.74) is 1.21. The van der Waals surface area contributed by atoms with E-state index < -0.39 is 0 Å². The molecule has 0 aliphatic carbocycles. The molecule has 0 aliphatic rings. The molecule has 126 valence electrons. The second kappa shape index (κ2) is 7.70. The van der Waals surface area contributed by atoms with Gasteiger partial charge in [-0.3, -0.25) is 9.59 Å². The van der Waals surface area contributed by atoms with Gasteiger partial charge in [0, 0.05) is 17.5 Å². The number of carbonyl (C=O) groups excluding carboxylic acids is 2. The van der Waals surface area contributed by atoms with E-state index in [0.717, 1.165) is 0 Å². The Kier molecular flexibility index (Phi) is 5.65. The van der Waals surface area contributed by atoms with Crippen LogP contribution in [0.4, 0.5) is 11.4 Å². The number of ether oxygens (including phenoxy) is 2. The summed E-state index contributed by atoms with van der Waals surface area (Å²) in [7, 11) is 2.98. The van der Waals surface area contributed by atoms with Gasteiger partial charge in [0.15, 0.2) is 0 Å². The number of rotatable bonds is 5. The quantitative estimate of drug-likeness (QED) is 0.866. The minimum Gasteiger partial charge on any atom is -0.495 e. The van der Waals surface area contributed by atoms with E-state index in [4.69, 9.17) is 21.1 Å². The molecule has 0 fully saturated rings. The van der Waals surface area contributed by atoms with Crippen LogP contribution in [-0.4, -0.2) is 26.0 Å². The summed E-state index contributed by atoms with van der Waals surface area (Å²) in [5.74, 6) is 0.317. The number of benzene rings is 2. The van der Waals surface area contributed by atoms with Crippen LogP contribution in [0.5, 0.6) is 11.5 Å². The molecule has 0 radical (unpaired) electrons. The highest BCUT2D eigenvalue weighted by Crippen LogP contribution is 2.29. The lowest BCUT2D eigenvalue weighted by Crippen LogP contribution is -2.14. The molecule has 0 spiro atoms. The molecule has 0 atom stereocenters. The first-order valence-corrected chi connectivity index (χ1v) is 7.43. The van der Waals surface area contributed by atoms with Crippen LogP contribution in [0.2, 0.25) is 5.02 Å². The van der Waals surface area contributed by atoms with Gasteiger partial charge in [-0.25, -0.2) is 0 Å². The van der Waals surface area contributed by atoms with Crippen LogP contribution >= 0.6 is 11.6 Å². The second-order valence-electron chi connectivity index (χ2n) is 4.89. The zero-order chi connectivity index (χ0) is 17.7. The predicted octanol–water partition coefficient (Wildman–Crippen LogP) is 3.57. The summed E-state index contributed by atoms with van der Waals surface area (Å²) in [4.78, 5) is 23.7. The molecule has 2 amide bonds. The van der Waals surface area contributed by atoms with Gasteiger partial charge in [-0.2, -0.15) is 0 Å². The molecule has 0 bridgehead atoms. The van der Waals surface area contributed by atoms with Crippen LogP contribution in [0.15, 0.2) is 36.4 Å². The Hall–Kier alpha value is -2.73. The highest BCUT2D eigenvalue weighted by Gasteiger charge is 2.13. The second-order valence-corrected chi connectivity index (χ2v) is 5.33. The monoisotopic (exact) mass is 348 g/mol. The molecule has 0 unspecified atom stereocenters. The van der Waals surface area contributed by atoms with Crippen molar-refractivity contribution in [1.29, 1.82) is 0 Å². The Labute approximate surface area is 144 Å². The summed E-state index contributed by atoms with van der Waals surface area (Å²) in [6.45, 7) is 1.38. The highest BCUT2D eigenvalue weighted by molar-refractivity contribution is 6.31. The maximum atomic E-state index is 12.5. The van der Waals surface area contributed by atoms with E-state index >= 15 is 0 Å². The van der Waals surface area contributed by atoms with Gasteiger partial charge in [0.2, 0.25) is 5.91 Å². The van der Waals surface area contributed by atoms with Crippen molar-refractivity contribution in [1.82, 2.24) is 0 Å². The molecule has 2 aromatic rings. The molecule has 0 heterocycles. The van der Waals surface area contributed by atoms with E-state index in [-0.39, 0.29) is 11.8 Å². The fourth-order valence-electron chi connectivity index (χ4n) is 2.11. The van der Waals surface area contributed by atoms with Gasteiger partial charge in [-0.1, -0.05) is 11.6 Å². The van der Waals surface area contributed by atoms with Gasteiger partial charge in [-0.15, -0.1) is 0 Å². The maximum absolute atomic E-state index is 12.5. The molecular weight excluding hydrogens is 332 g/mol. The molecule has 2 aromatic carbocycles. The molecule has 0 saturated heterocycles. The van der Waals surface area contributed by atoms with Crippen molar-refractivity contribution in [3.05, 3.63) is 47.0 Å². The van der Waals surface area contributed by atoms with Crippen molar-refractivity contribution >= 4 is 34.8 Å². The van der Waals surface area contributed by atoms with Gasteiger partial charge in [0.25, 0.3) is 5.91 Å². The van der Waals surface area contributed by atoms with Gasteiger partial charge >= 0.3 is 0 Å². The SMILES string of the molecule is COc1ccc(C(=O)Nc2cc(Cl)ccc2OC)cc1NC(C)=O. The van der Waals surface area contributed by atoms with Crippen molar-refractivity contribution in [3.8, 4) is 11.5 Å². The molecule has 24 heavy (non-hydrogen) atoms. The normalized spacial score (nSPS) is 10.0. The Morgan fingerprint density at radius 3 is 2.08 bits per heavy atom. The van der Waals surface area contributed by atoms with Gasteiger partial charge in [0.05, 0.1) is 25.6 Å². The van der Waals surface area contributed by atoms with Gasteiger partial charge in [0.1, 0.15) is 11.5 Å². The smallest absolute Gasteiger partial charge is 0.255 e. The van der Waals surface area contributed by atoms with Crippen LogP contribution in [0.1, 0.15) is 17.3 Å². The third-order valence-corrected chi connectivity index (χ3v) is 3.42. The first kappa shape index (κ1) is 17.6. The minimum absolute atomic E-state index is 0.262. The van der Waals surface area contributed by atoms with E-state index in [0.29, 0.717) is 33.5 Å². The molecule has 0 aromatic heterocycles. The van der Waals surface area contributed by atoms with E-state index in [1.54, 1.807) is 30.3 Å². The average molecular weight is 349 g/mol. The number of methoxy groups -OCH3 is 2.